The first-order valence-electron chi connectivity index (χ1n) is 7.87. The summed E-state index contributed by atoms with van der Waals surface area (Å²) in [7, 11) is -4.06. The van der Waals surface area contributed by atoms with Gasteiger partial charge in [-0.05, 0) is 53.9 Å². The second-order valence-electron chi connectivity index (χ2n) is 6.27. The lowest BCUT2D eigenvalue weighted by Gasteiger charge is -2.48. The Hall–Kier alpha value is -1.90. The lowest BCUT2D eigenvalue weighted by Crippen LogP contribution is -2.68. The van der Waals surface area contributed by atoms with Crippen LogP contribution in [0.2, 0.25) is 5.02 Å². The lowest BCUT2D eigenvalue weighted by atomic mass is 9.85. The van der Waals surface area contributed by atoms with E-state index in [2.05, 4.69) is 4.72 Å². The number of halogens is 1. The van der Waals surface area contributed by atoms with Crippen LogP contribution < -0.4 is 4.72 Å². The molecule has 1 aliphatic heterocycles. The fourth-order valence-electron chi connectivity index (χ4n) is 2.78. The van der Waals surface area contributed by atoms with Crippen LogP contribution in [0.15, 0.2) is 46.0 Å². The molecule has 1 N–H and O–H groups in total. The summed E-state index contributed by atoms with van der Waals surface area (Å²) in [5, 5.41) is 4.00. The number of hydrogen-bond donors (Lipinski definition) is 1. The second kappa shape index (κ2) is 7.02. The number of likely N-dealkylation sites (tertiary alicyclic amines) is 1. The van der Waals surface area contributed by atoms with Crippen LogP contribution in [0.4, 0.5) is 0 Å². The Balaban J connectivity index is 1.73. The first kappa shape index (κ1) is 18.9. The SMILES string of the molecule is CC1(C(=O)NS(=O)(=O)c2cccc(Cl)c2)CCN1C(=O)Cc1ccsc1. The Morgan fingerprint density at radius 2 is 2.12 bits per heavy atom. The maximum Gasteiger partial charge on any atom is 0.264 e. The van der Waals surface area contributed by atoms with E-state index in [4.69, 9.17) is 11.6 Å². The third-order valence-electron chi connectivity index (χ3n) is 4.48. The predicted molar refractivity (Wildman–Crippen MR) is 99.5 cm³/mol. The summed E-state index contributed by atoms with van der Waals surface area (Å²) in [6.45, 7) is 1.99. The summed E-state index contributed by atoms with van der Waals surface area (Å²) >= 11 is 7.31. The van der Waals surface area contributed by atoms with Crippen molar-refractivity contribution < 1.29 is 18.0 Å². The third-order valence-corrected chi connectivity index (χ3v) is 6.77. The number of carbonyl (C=O) groups excluding carboxylic acids is 2. The van der Waals surface area contributed by atoms with E-state index in [1.807, 2.05) is 16.8 Å². The van der Waals surface area contributed by atoms with E-state index in [9.17, 15) is 18.0 Å². The summed E-state index contributed by atoms with van der Waals surface area (Å²) < 4.78 is 26.9. The molecule has 9 heteroatoms. The van der Waals surface area contributed by atoms with Crippen LogP contribution >= 0.6 is 22.9 Å². The summed E-state index contributed by atoms with van der Waals surface area (Å²) in [6, 6.07) is 7.50. The van der Waals surface area contributed by atoms with Crippen LogP contribution in [-0.4, -0.2) is 37.2 Å². The number of sulfonamides is 1. The van der Waals surface area contributed by atoms with E-state index in [1.54, 1.807) is 13.0 Å². The Kier molecular flexibility index (Phi) is 5.09. The zero-order chi connectivity index (χ0) is 18.9. The molecule has 1 aromatic heterocycles. The van der Waals surface area contributed by atoms with Gasteiger partial charge in [-0.3, -0.25) is 9.59 Å². The molecular weight excluding hydrogens is 396 g/mol. The van der Waals surface area contributed by atoms with E-state index in [1.165, 1.54) is 34.4 Å². The molecule has 0 saturated carbocycles. The first-order chi connectivity index (χ1) is 12.2. The second-order valence-corrected chi connectivity index (χ2v) is 9.17. The predicted octanol–water partition coefficient (Wildman–Crippen LogP) is 2.44. The number of benzene rings is 1. The van der Waals surface area contributed by atoms with Crippen molar-refractivity contribution in [3.63, 3.8) is 0 Å². The summed E-state index contributed by atoms with van der Waals surface area (Å²) in [6.07, 6.45) is 0.590. The molecule has 1 aliphatic rings. The molecule has 2 amide bonds. The number of carbonyl (C=O) groups is 2. The number of thiophene rings is 1. The quantitative estimate of drug-likeness (QED) is 0.817. The number of nitrogens with zero attached hydrogens (tertiary/aromatic N) is 1. The monoisotopic (exact) mass is 412 g/mol. The number of rotatable bonds is 5. The van der Waals surface area contributed by atoms with Gasteiger partial charge in [-0.25, -0.2) is 13.1 Å². The normalized spacial score (nSPS) is 19.7. The molecule has 0 radical (unpaired) electrons. The molecule has 1 atom stereocenters. The average molecular weight is 413 g/mol. The Labute approximate surface area is 160 Å². The molecule has 3 rings (SSSR count). The van der Waals surface area contributed by atoms with Crippen molar-refractivity contribution in [3.8, 4) is 0 Å². The molecule has 138 valence electrons. The van der Waals surface area contributed by atoms with E-state index in [-0.39, 0.29) is 22.2 Å². The Bertz CT molecular complexity index is 943. The van der Waals surface area contributed by atoms with E-state index in [0.29, 0.717) is 13.0 Å². The van der Waals surface area contributed by atoms with Gasteiger partial charge in [0.1, 0.15) is 5.54 Å². The van der Waals surface area contributed by atoms with Gasteiger partial charge in [0.2, 0.25) is 5.91 Å². The fourth-order valence-corrected chi connectivity index (χ4v) is 4.83. The minimum atomic E-state index is -4.06. The van der Waals surface area contributed by atoms with E-state index >= 15 is 0 Å². The van der Waals surface area contributed by atoms with Crippen LogP contribution in [0.1, 0.15) is 18.9 Å². The fraction of sp³-hybridized carbons (Fsp3) is 0.294. The van der Waals surface area contributed by atoms with Gasteiger partial charge in [0.05, 0.1) is 11.3 Å². The molecule has 2 aromatic rings. The minimum absolute atomic E-state index is 0.0996. The van der Waals surface area contributed by atoms with Crippen LogP contribution in [-0.2, 0) is 26.0 Å². The summed E-state index contributed by atoms with van der Waals surface area (Å²) in [5.74, 6) is -0.921. The largest absolute Gasteiger partial charge is 0.328 e. The number of nitrogens with one attached hydrogen (secondary N) is 1. The molecule has 0 aliphatic carbocycles. The van der Waals surface area contributed by atoms with Gasteiger partial charge >= 0.3 is 0 Å². The van der Waals surface area contributed by atoms with Gasteiger partial charge in [0, 0.05) is 11.6 Å². The number of hydrogen-bond acceptors (Lipinski definition) is 5. The molecule has 1 saturated heterocycles. The molecule has 1 unspecified atom stereocenters. The van der Waals surface area contributed by atoms with Crippen molar-refractivity contribution in [2.24, 2.45) is 0 Å². The highest BCUT2D eigenvalue weighted by atomic mass is 35.5. The smallest absolute Gasteiger partial charge is 0.264 e. The molecular formula is C17H17ClN2O4S2. The molecule has 1 aromatic carbocycles. The van der Waals surface area contributed by atoms with Crippen molar-refractivity contribution in [2.75, 3.05) is 6.54 Å². The maximum atomic E-state index is 12.6. The van der Waals surface area contributed by atoms with Gasteiger partial charge in [-0.1, -0.05) is 17.7 Å². The van der Waals surface area contributed by atoms with Crippen LogP contribution in [0, 0.1) is 0 Å². The topological polar surface area (TPSA) is 83.6 Å². The minimum Gasteiger partial charge on any atom is -0.328 e. The van der Waals surface area contributed by atoms with Crippen molar-refractivity contribution >= 4 is 44.8 Å². The molecule has 1 fully saturated rings. The molecule has 0 spiro atoms. The highest BCUT2D eigenvalue weighted by Crippen LogP contribution is 2.32. The standard InChI is InChI=1S/C17H17ClN2O4S2/c1-17(6-7-20(17)15(21)9-12-5-8-25-11-12)16(22)19-26(23,24)14-4-2-3-13(18)10-14/h2-5,8,10-11H,6-7,9H2,1H3,(H,19,22). The third kappa shape index (κ3) is 3.62. The van der Waals surface area contributed by atoms with Crippen LogP contribution in [0.3, 0.4) is 0 Å². The Morgan fingerprint density at radius 3 is 2.69 bits per heavy atom. The Morgan fingerprint density at radius 1 is 1.35 bits per heavy atom. The summed E-state index contributed by atoms with van der Waals surface area (Å²) in [4.78, 5) is 26.4. The van der Waals surface area contributed by atoms with E-state index in [0.717, 1.165) is 5.56 Å². The average Bonchev–Trinajstić information content (AvgIpc) is 3.05. The molecule has 2 heterocycles. The lowest BCUT2D eigenvalue weighted by molar-refractivity contribution is -0.156. The van der Waals surface area contributed by atoms with Gasteiger partial charge < -0.3 is 4.90 Å². The maximum absolute atomic E-state index is 12.6. The molecule has 26 heavy (non-hydrogen) atoms. The zero-order valence-electron chi connectivity index (χ0n) is 13.9. The van der Waals surface area contributed by atoms with Crippen molar-refractivity contribution in [1.29, 1.82) is 0 Å². The van der Waals surface area contributed by atoms with Gasteiger partial charge in [-0.15, -0.1) is 0 Å². The van der Waals surface area contributed by atoms with Crippen LogP contribution in [0.5, 0.6) is 0 Å². The molecule has 0 bridgehead atoms. The van der Waals surface area contributed by atoms with Crippen molar-refractivity contribution in [2.45, 2.75) is 30.2 Å². The van der Waals surface area contributed by atoms with Crippen molar-refractivity contribution in [1.82, 2.24) is 9.62 Å². The summed E-state index contributed by atoms with van der Waals surface area (Å²) in [5.41, 5.74) is -0.306. The van der Waals surface area contributed by atoms with Gasteiger partial charge in [0.25, 0.3) is 15.9 Å². The highest BCUT2D eigenvalue weighted by molar-refractivity contribution is 7.90. The van der Waals surface area contributed by atoms with Crippen LogP contribution in [0.25, 0.3) is 0 Å². The molecule has 6 nitrogen and oxygen atoms in total. The number of amides is 2. The van der Waals surface area contributed by atoms with E-state index < -0.39 is 21.5 Å². The van der Waals surface area contributed by atoms with Gasteiger partial charge in [-0.2, -0.15) is 11.3 Å². The van der Waals surface area contributed by atoms with Gasteiger partial charge in [0.15, 0.2) is 0 Å². The van der Waals surface area contributed by atoms with Crippen molar-refractivity contribution in [3.05, 3.63) is 51.7 Å². The first-order valence-corrected chi connectivity index (χ1v) is 10.7. The zero-order valence-corrected chi connectivity index (χ0v) is 16.3. The highest BCUT2D eigenvalue weighted by Gasteiger charge is 2.50.